The molecule has 2 amide bonds. The Morgan fingerprint density at radius 1 is 1.17 bits per heavy atom. The Morgan fingerprint density at radius 2 is 1.78 bits per heavy atom. The maximum atomic E-state index is 12.2. The summed E-state index contributed by atoms with van der Waals surface area (Å²) in [5, 5.41) is 0.366. The minimum atomic E-state index is -0.131. The van der Waals surface area contributed by atoms with Crippen LogP contribution >= 0.6 is 11.6 Å². The average molecular weight is 265 g/mol. The summed E-state index contributed by atoms with van der Waals surface area (Å²) in [6.07, 6.45) is 2.59. The van der Waals surface area contributed by atoms with Crippen molar-refractivity contribution >= 4 is 34.8 Å². The van der Waals surface area contributed by atoms with Gasteiger partial charge in [-0.3, -0.25) is 14.5 Å². The molecule has 18 heavy (non-hydrogen) atoms. The van der Waals surface area contributed by atoms with Gasteiger partial charge in [0.05, 0.1) is 28.2 Å². The van der Waals surface area contributed by atoms with E-state index in [1.54, 1.807) is 18.2 Å². The highest BCUT2D eigenvalue weighted by molar-refractivity contribution is 6.33. The number of carbonyl (C=O) groups is 2. The van der Waals surface area contributed by atoms with Crippen LogP contribution in [0, 0.1) is 11.8 Å². The quantitative estimate of drug-likeness (QED) is 0.625. The van der Waals surface area contributed by atoms with E-state index in [9.17, 15) is 9.59 Å². The lowest BCUT2D eigenvalue weighted by molar-refractivity contribution is -0.122. The van der Waals surface area contributed by atoms with Gasteiger partial charge in [0.2, 0.25) is 11.8 Å². The van der Waals surface area contributed by atoms with Gasteiger partial charge in [0, 0.05) is 0 Å². The molecule has 2 atom stereocenters. The molecular formula is C13H13ClN2O2. The molecule has 4 nitrogen and oxygen atoms in total. The van der Waals surface area contributed by atoms with Gasteiger partial charge in [0.15, 0.2) is 0 Å². The molecule has 1 heterocycles. The zero-order valence-electron chi connectivity index (χ0n) is 9.73. The summed E-state index contributed by atoms with van der Waals surface area (Å²) >= 11 is 5.93. The number of carbonyl (C=O) groups excluding carboxylic acids is 2. The van der Waals surface area contributed by atoms with E-state index in [1.807, 2.05) is 0 Å². The second-order valence-corrected chi connectivity index (χ2v) is 5.27. The van der Waals surface area contributed by atoms with Crippen molar-refractivity contribution in [1.29, 1.82) is 0 Å². The van der Waals surface area contributed by atoms with Crippen LogP contribution in [0.4, 0.5) is 11.4 Å². The molecule has 1 aromatic rings. The van der Waals surface area contributed by atoms with Crippen molar-refractivity contribution < 1.29 is 9.59 Å². The number of rotatable bonds is 1. The van der Waals surface area contributed by atoms with Crippen LogP contribution in [0.3, 0.4) is 0 Å². The summed E-state index contributed by atoms with van der Waals surface area (Å²) in [6, 6.07) is 4.86. The maximum absolute atomic E-state index is 12.2. The van der Waals surface area contributed by atoms with Crippen LogP contribution in [0.2, 0.25) is 5.02 Å². The second-order valence-electron chi connectivity index (χ2n) is 4.86. The van der Waals surface area contributed by atoms with Gasteiger partial charge < -0.3 is 5.73 Å². The molecule has 1 aliphatic heterocycles. The van der Waals surface area contributed by atoms with Crippen LogP contribution < -0.4 is 10.6 Å². The van der Waals surface area contributed by atoms with E-state index >= 15 is 0 Å². The lowest BCUT2D eigenvalue weighted by Crippen LogP contribution is -2.31. The molecule has 5 heteroatoms. The molecule has 1 aliphatic carbocycles. The van der Waals surface area contributed by atoms with Crippen LogP contribution in [0.5, 0.6) is 0 Å². The number of anilines is 2. The monoisotopic (exact) mass is 264 g/mol. The molecule has 94 valence electrons. The maximum Gasteiger partial charge on any atom is 0.237 e. The summed E-state index contributed by atoms with van der Waals surface area (Å²) in [4.78, 5) is 25.7. The fraction of sp³-hybridized carbons (Fsp3) is 0.385. The Bertz CT molecular complexity index is 522. The number of nitrogen functional groups attached to an aromatic ring is 1. The van der Waals surface area contributed by atoms with Gasteiger partial charge in [-0.2, -0.15) is 0 Å². The van der Waals surface area contributed by atoms with Gasteiger partial charge in [-0.15, -0.1) is 0 Å². The number of hydrogen-bond donors (Lipinski definition) is 1. The minimum Gasteiger partial charge on any atom is -0.398 e. The Morgan fingerprint density at radius 3 is 2.33 bits per heavy atom. The molecule has 2 fully saturated rings. The lowest BCUT2D eigenvalue weighted by atomic mass is 10.00. The van der Waals surface area contributed by atoms with Crippen molar-refractivity contribution in [1.82, 2.24) is 0 Å². The molecule has 1 aromatic carbocycles. The van der Waals surface area contributed by atoms with E-state index in [0.29, 0.717) is 16.4 Å². The number of amides is 2. The third-order valence-electron chi connectivity index (χ3n) is 3.83. The number of hydrogen-bond acceptors (Lipinski definition) is 3. The van der Waals surface area contributed by atoms with Gasteiger partial charge in [0.1, 0.15) is 0 Å². The van der Waals surface area contributed by atoms with E-state index in [2.05, 4.69) is 0 Å². The van der Waals surface area contributed by atoms with Crippen LogP contribution in [0.15, 0.2) is 18.2 Å². The molecule has 2 unspecified atom stereocenters. The van der Waals surface area contributed by atoms with Crippen molar-refractivity contribution in [3.8, 4) is 0 Å². The standard InChI is InChI=1S/C13H13ClN2O2/c14-10-6-7(4-5-11(10)15)16-12(17)8-2-1-3-9(8)13(16)18/h4-6,8-9H,1-3,15H2. The van der Waals surface area contributed by atoms with E-state index in [-0.39, 0.29) is 23.7 Å². The van der Waals surface area contributed by atoms with E-state index in [4.69, 9.17) is 17.3 Å². The van der Waals surface area contributed by atoms with E-state index in [1.165, 1.54) is 4.90 Å². The van der Waals surface area contributed by atoms with Crippen LogP contribution in [0.1, 0.15) is 19.3 Å². The molecule has 3 rings (SSSR count). The first-order chi connectivity index (χ1) is 8.59. The normalized spacial score (nSPS) is 26.8. The highest BCUT2D eigenvalue weighted by atomic mass is 35.5. The van der Waals surface area contributed by atoms with Gasteiger partial charge in [0.25, 0.3) is 0 Å². The van der Waals surface area contributed by atoms with Gasteiger partial charge in [-0.05, 0) is 31.0 Å². The summed E-state index contributed by atoms with van der Waals surface area (Å²) < 4.78 is 0. The third kappa shape index (κ3) is 1.52. The SMILES string of the molecule is Nc1ccc(N2C(=O)C3CCCC3C2=O)cc1Cl. The number of benzene rings is 1. The molecule has 1 saturated heterocycles. The van der Waals surface area contributed by atoms with Crippen molar-refractivity contribution in [2.45, 2.75) is 19.3 Å². The van der Waals surface area contributed by atoms with Crippen LogP contribution in [-0.4, -0.2) is 11.8 Å². The second kappa shape index (κ2) is 3.99. The Kier molecular flexibility index (Phi) is 2.55. The van der Waals surface area contributed by atoms with Crippen molar-refractivity contribution in [3.05, 3.63) is 23.2 Å². The van der Waals surface area contributed by atoms with Gasteiger partial charge in [-0.1, -0.05) is 18.0 Å². The van der Waals surface area contributed by atoms with Crippen LogP contribution in [0.25, 0.3) is 0 Å². The lowest BCUT2D eigenvalue weighted by Gasteiger charge is -2.16. The molecule has 1 saturated carbocycles. The zero-order valence-corrected chi connectivity index (χ0v) is 10.5. The van der Waals surface area contributed by atoms with E-state index < -0.39 is 0 Å². The van der Waals surface area contributed by atoms with Gasteiger partial charge >= 0.3 is 0 Å². The first-order valence-electron chi connectivity index (χ1n) is 6.02. The van der Waals surface area contributed by atoms with Crippen molar-refractivity contribution in [3.63, 3.8) is 0 Å². The molecule has 0 radical (unpaired) electrons. The number of nitrogens with zero attached hydrogens (tertiary/aromatic N) is 1. The van der Waals surface area contributed by atoms with E-state index in [0.717, 1.165) is 19.3 Å². The Hall–Kier alpha value is -1.55. The number of halogens is 1. The predicted octanol–water partition coefficient (Wildman–Crippen LogP) is 2.21. The zero-order chi connectivity index (χ0) is 12.9. The molecule has 0 spiro atoms. The highest BCUT2D eigenvalue weighted by Gasteiger charge is 2.50. The fourth-order valence-electron chi connectivity index (χ4n) is 2.90. The summed E-state index contributed by atoms with van der Waals surface area (Å²) in [5.41, 5.74) is 6.60. The highest BCUT2D eigenvalue weighted by Crippen LogP contribution is 2.42. The first-order valence-corrected chi connectivity index (χ1v) is 6.40. The number of nitrogens with two attached hydrogens (primary N) is 1. The molecule has 2 N–H and O–H groups in total. The van der Waals surface area contributed by atoms with Gasteiger partial charge in [-0.25, -0.2) is 0 Å². The molecule has 2 aliphatic rings. The smallest absolute Gasteiger partial charge is 0.237 e. The summed E-state index contributed by atoms with van der Waals surface area (Å²) in [6.45, 7) is 0. The van der Waals surface area contributed by atoms with Crippen molar-refractivity contribution in [2.75, 3.05) is 10.6 Å². The molecule has 0 bridgehead atoms. The van der Waals surface area contributed by atoms with Crippen molar-refractivity contribution in [2.24, 2.45) is 11.8 Å². The summed E-state index contributed by atoms with van der Waals surface area (Å²) in [7, 11) is 0. The molecule has 0 aromatic heterocycles. The fourth-order valence-corrected chi connectivity index (χ4v) is 3.08. The minimum absolute atomic E-state index is 0.0941. The number of fused-ring (bicyclic) bond motifs is 1. The first kappa shape index (κ1) is 11.5. The average Bonchev–Trinajstić information content (AvgIpc) is 2.89. The topological polar surface area (TPSA) is 63.4 Å². The summed E-state index contributed by atoms with van der Waals surface area (Å²) in [5.74, 6) is -0.450. The third-order valence-corrected chi connectivity index (χ3v) is 4.16. The largest absolute Gasteiger partial charge is 0.398 e. The Balaban J connectivity index is 1.99. The molecular weight excluding hydrogens is 252 g/mol. The number of imide groups is 1. The Labute approximate surface area is 110 Å². The van der Waals surface area contributed by atoms with Crippen LogP contribution in [-0.2, 0) is 9.59 Å². The predicted molar refractivity (Wildman–Crippen MR) is 69.2 cm³/mol.